The zero-order valence-corrected chi connectivity index (χ0v) is 15.6. The van der Waals surface area contributed by atoms with Crippen LogP contribution in [-0.2, 0) is 9.84 Å². The van der Waals surface area contributed by atoms with Crippen LogP contribution < -0.4 is 5.32 Å². The molecular formula is C20H21NO3S. The van der Waals surface area contributed by atoms with Gasteiger partial charge in [0.2, 0.25) is 0 Å². The lowest BCUT2D eigenvalue weighted by atomic mass is 9.97. The van der Waals surface area contributed by atoms with Gasteiger partial charge in [0, 0.05) is 28.5 Å². The Morgan fingerprint density at radius 1 is 0.960 bits per heavy atom. The van der Waals surface area contributed by atoms with Crippen molar-refractivity contribution < 1.29 is 13.2 Å². The van der Waals surface area contributed by atoms with Gasteiger partial charge >= 0.3 is 0 Å². The maximum absolute atomic E-state index is 12.3. The van der Waals surface area contributed by atoms with Crippen molar-refractivity contribution in [1.82, 2.24) is 0 Å². The summed E-state index contributed by atoms with van der Waals surface area (Å²) in [5, 5.41) is 2.74. The molecule has 0 fully saturated rings. The third kappa shape index (κ3) is 5.77. The summed E-state index contributed by atoms with van der Waals surface area (Å²) >= 11 is 0. The Kier molecular flexibility index (Phi) is 5.34. The maximum Gasteiger partial charge on any atom is 0.255 e. The molecule has 2 aromatic rings. The molecule has 0 spiro atoms. The Morgan fingerprint density at radius 2 is 1.52 bits per heavy atom. The van der Waals surface area contributed by atoms with E-state index < -0.39 is 9.84 Å². The van der Waals surface area contributed by atoms with Gasteiger partial charge in [-0.25, -0.2) is 8.42 Å². The molecule has 2 aromatic carbocycles. The second-order valence-corrected chi connectivity index (χ2v) is 8.84. The van der Waals surface area contributed by atoms with Crippen LogP contribution in [-0.4, -0.2) is 20.6 Å². The van der Waals surface area contributed by atoms with Crippen LogP contribution in [0.3, 0.4) is 0 Å². The van der Waals surface area contributed by atoms with E-state index in [0.29, 0.717) is 11.3 Å². The molecule has 130 valence electrons. The molecule has 1 N–H and O–H groups in total. The quantitative estimate of drug-likeness (QED) is 0.853. The van der Waals surface area contributed by atoms with Crippen molar-refractivity contribution in [3.63, 3.8) is 0 Å². The second kappa shape index (κ2) is 7.12. The molecule has 25 heavy (non-hydrogen) atoms. The van der Waals surface area contributed by atoms with E-state index in [1.165, 1.54) is 12.1 Å². The van der Waals surface area contributed by atoms with Crippen LogP contribution in [0.25, 0.3) is 0 Å². The van der Waals surface area contributed by atoms with Crippen molar-refractivity contribution in [1.29, 1.82) is 0 Å². The monoisotopic (exact) mass is 355 g/mol. The van der Waals surface area contributed by atoms with Crippen molar-refractivity contribution in [2.24, 2.45) is 5.41 Å². The number of amides is 1. The third-order valence-corrected chi connectivity index (χ3v) is 4.40. The number of carbonyl (C=O) groups is 1. The molecule has 0 aliphatic carbocycles. The van der Waals surface area contributed by atoms with Crippen molar-refractivity contribution in [2.75, 3.05) is 11.6 Å². The van der Waals surface area contributed by atoms with Gasteiger partial charge in [-0.3, -0.25) is 4.79 Å². The minimum atomic E-state index is -3.25. The van der Waals surface area contributed by atoms with Crippen molar-refractivity contribution >= 4 is 21.4 Å². The van der Waals surface area contributed by atoms with E-state index in [1.54, 1.807) is 36.4 Å². The summed E-state index contributed by atoms with van der Waals surface area (Å²) in [6, 6.07) is 13.1. The molecule has 0 heterocycles. The Labute approximate surface area is 149 Å². The first kappa shape index (κ1) is 18.8. The van der Waals surface area contributed by atoms with Gasteiger partial charge < -0.3 is 5.32 Å². The lowest BCUT2D eigenvalue weighted by molar-refractivity contribution is 0.102. The summed E-state index contributed by atoms with van der Waals surface area (Å²) in [5.74, 6) is 5.96. The highest BCUT2D eigenvalue weighted by atomic mass is 32.2. The van der Waals surface area contributed by atoms with Gasteiger partial charge in [0.15, 0.2) is 9.84 Å². The predicted octanol–water partition coefficient (Wildman–Crippen LogP) is 3.74. The zero-order valence-electron chi connectivity index (χ0n) is 14.8. The van der Waals surface area contributed by atoms with Gasteiger partial charge in [-0.1, -0.05) is 11.8 Å². The average Bonchev–Trinajstić information content (AvgIpc) is 2.52. The fraction of sp³-hybridized carbons (Fsp3) is 0.250. The van der Waals surface area contributed by atoms with E-state index in [-0.39, 0.29) is 16.2 Å². The Balaban J connectivity index is 2.09. The molecule has 0 saturated heterocycles. The van der Waals surface area contributed by atoms with E-state index in [9.17, 15) is 13.2 Å². The highest BCUT2D eigenvalue weighted by Gasteiger charge is 2.09. The smallest absolute Gasteiger partial charge is 0.255 e. The highest BCUT2D eigenvalue weighted by Crippen LogP contribution is 2.15. The van der Waals surface area contributed by atoms with Crippen LogP contribution in [0.4, 0.5) is 5.69 Å². The molecular weight excluding hydrogens is 334 g/mol. The molecule has 4 nitrogen and oxygen atoms in total. The van der Waals surface area contributed by atoms with Crippen molar-refractivity contribution in [3.8, 4) is 11.8 Å². The number of carbonyl (C=O) groups excluding carboxylic acids is 1. The van der Waals surface area contributed by atoms with Gasteiger partial charge in [0.05, 0.1) is 4.90 Å². The second-order valence-electron chi connectivity index (χ2n) is 6.83. The van der Waals surface area contributed by atoms with Gasteiger partial charge in [0.1, 0.15) is 0 Å². The lowest BCUT2D eigenvalue weighted by Crippen LogP contribution is -2.11. The Morgan fingerprint density at radius 3 is 2.00 bits per heavy atom. The minimum absolute atomic E-state index is 0.0752. The van der Waals surface area contributed by atoms with E-state index in [1.807, 2.05) is 20.8 Å². The summed E-state index contributed by atoms with van der Waals surface area (Å²) in [6.45, 7) is 6.12. The number of sulfone groups is 1. The van der Waals surface area contributed by atoms with E-state index in [4.69, 9.17) is 0 Å². The van der Waals surface area contributed by atoms with Crippen LogP contribution in [0.15, 0.2) is 53.4 Å². The molecule has 0 aliphatic rings. The van der Waals surface area contributed by atoms with Crippen LogP contribution >= 0.6 is 0 Å². The summed E-state index contributed by atoms with van der Waals surface area (Å²) in [6.07, 6.45) is 1.14. The first-order valence-corrected chi connectivity index (χ1v) is 9.68. The maximum atomic E-state index is 12.3. The fourth-order valence-corrected chi connectivity index (χ4v) is 2.58. The summed E-state index contributed by atoms with van der Waals surface area (Å²) in [4.78, 5) is 12.5. The molecule has 0 radical (unpaired) electrons. The first-order valence-electron chi connectivity index (χ1n) is 7.79. The van der Waals surface area contributed by atoms with Crippen LogP contribution in [0.1, 0.15) is 36.7 Å². The summed E-state index contributed by atoms with van der Waals surface area (Å²) < 4.78 is 22.9. The van der Waals surface area contributed by atoms with Crippen molar-refractivity contribution in [3.05, 3.63) is 59.7 Å². The number of rotatable bonds is 3. The molecule has 0 unspecified atom stereocenters. The molecule has 5 heteroatoms. The number of hydrogen-bond acceptors (Lipinski definition) is 3. The van der Waals surface area contributed by atoms with Crippen LogP contribution in [0, 0.1) is 17.3 Å². The summed E-state index contributed by atoms with van der Waals surface area (Å²) in [7, 11) is -3.25. The van der Waals surface area contributed by atoms with Gasteiger partial charge in [0.25, 0.3) is 5.91 Å². The Bertz CT molecular complexity index is 924. The number of anilines is 1. The fourth-order valence-electron chi connectivity index (χ4n) is 1.95. The van der Waals surface area contributed by atoms with Gasteiger partial charge in [-0.05, 0) is 69.3 Å². The average molecular weight is 355 g/mol. The molecule has 2 rings (SSSR count). The van der Waals surface area contributed by atoms with E-state index >= 15 is 0 Å². The third-order valence-electron chi connectivity index (χ3n) is 3.27. The normalized spacial score (nSPS) is 11.4. The minimum Gasteiger partial charge on any atom is -0.322 e. The van der Waals surface area contributed by atoms with E-state index in [0.717, 1.165) is 11.8 Å². The first-order chi connectivity index (χ1) is 11.5. The van der Waals surface area contributed by atoms with Crippen LogP contribution in [0.5, 0.6) is 0 Å². The topological polar surface area (TPSA) is 63.2 Å². The number of nitrogens with one attached hydrogen (secondary N) is 1. The highest BCUT2D eigenvalue weighted by molar-refractivity contribution is 7.90. The Hall–Kier alpha value is -2.58. The molecule has 0 aromatic heterocycles. The van der Waals surface area contributed by atoms with Gasteiger partial charge in [-0.15, -0.1) is 0 Å². The molecule has 0 aliphatic heterocycles. The molecule has 0 atom stereocenters. The number of benzene rings is 2. The zero-order chi connectivity index (χ0) is 18.7. The molecule has 0 saturated carbocycles. The molecule has 0 bridgehead atoms. The van der Waals surface area contributed by atoms with Crippen molar-refractivity contribution in [2.45, 2.75) is 25.7 Å². The SMILES string of the molecule is CC(C)(C)C#Cc1ccc(C(=O)Nc2ccc(S(C)(=O)=O)cc2)cc1. The summed E-state index contributed by atoms with van der Waals surface area (Å²) in [5.41, 5.74) is 1.82. The standard InChI is InChI=1S/C20H21NO3S/c1-20(2,3)14-13-15-5-7-16(8-6-15)19(22)21-17-9-11-18(12-10-17)25(4,23)24/h5-12H,1-4H3,(H,21,22). The number of hydrogen-bond donors (Lipinski definition) is 1. The van der Waals surface area contributed by atoms with Crippen LogP contribution in [0.2, 0.25) is 0 Å². The lowest BCUT2D eigenvalue weighted by Gasteiger charge is -2.07. The van der Waals surface area contributed by atoms with Gasteiger partial charge in [-0.2, -0.15) is 0 Å². The van der Waals surface area contributed by atoms with E-state index in [2.05, 4.69) is 17.2 Å². The largest absolute Gasteiger partial charge is 0.322 e. The molecule has 1 amide bonds. The predicted molar refractivity (Wildman–Crippen MR) is 100 cm³/mol.